The van der Waals surface area contributed by atoms with Crippen LogP contribution in [0.15, 0.2) is 152 Å². The van der Waals surface area contributed by atoms with Gasteiger partial charge in [0.2, 0.25) is 0 Å². The third kappa shape index (κ3) is 2.84. The van der Waals surface area contributed by atoms with Gasteiger partial charge in [0.25, 0.3) is 0 Å². The van der Waals surface area contributed by atoms with Crippen LogP contribution in [0.5, 0.6) is 0 Å². The fourth-order valence-corrected chi connectivity index (χ4v) is 9.39. The summed E-state index contributed by atoms with van der Waals surface area (Å²) in [4.78, 5) is 0. The highest BCUT2D eigenvalue weighted by Crippen LogP contribution is 2.63. The molecule has 2 aliphatic rings. The van der Waals surface area contributed by atoms with Crippen LogP contribution in [0.3, 0.4) is 0 Å². The lowest BCUT2D eigenvalue weighted by molar-refractivity contribution is 0.794. The Morgan fingerprint density at radius 1 is 0.342 bits per heavy atom. The Labute approximate surface area is 225 Å². The zero-order valence-electron chi connectivity index (χ0n) is 20.9. The summed E-state index contributed by atoms with van der Waals surface area (Å²) in [6, 6.07) is 56.4. The summed E-state index contributed by atoms with van der Waals surface area (Å²) in [6.07, 6.45) is 0. The third-order valence-corrected chi connectivity index (χ3v) is 10.8. The Kier molecular flexibility index (Phi) is 4.81. The molecule has 0 saturated carbocycles. The van der Waals surface area contributed by atoms with Gasteiger partial charge in [0.15, 0.2) is 0 Å². The van der Waals surface area contributed by atoms with Crippen molar-refractivity contribution in [1.82, 2.24) is 0 Å². The Bertz CT molecular complexity index is 1730. The van der Waals surface area contributed by atoms with E-state index in [1.54, 1.807) is 0 Å². The maximum absolute atomic E-state index is 2.39. The summed E-state index contributed by atoms with van der Waals surface area (Å²) < 4.78 is 0. The molecule has 8 rings (SSSR count). The zero-order chi connectivity index (χ0) is 25.1. The van der Waals surface area contributed by atoms with E-state index in [0.29, 0.717) is 0 Å². The van der Waals surface area contributed by atoms with Crippen molar-refractivity contribution >= 4 is 23.8 Å². The van der Waals surface area contributed by atoms with Crippen molar-refractivity contribution in [3.05, 3.63) is 174 Å². The Hall–Kier alpha value is -4.25. The van der Waals surface area contributed by atoms with Gasteiger partial charge >= 0.3 is 0 Å². The monoisotopic (exact) mass is 500 g/mol. The van der Waals surface area contributed by atoms with Crippen molar-refractivity contribution < 1.29 is 0 Å². The minimum absolute atomic E-state index is 0.302. The normalized spacial score (nSPS) is 13.7. The summed E-state index contributed by atoms with van der Waals surface area (Å²) in [7, 11) is -0.739. The van der Waals surface area contributed by atoms with Gasteiger partial charge in [-0.1, -0.05) is 152 Å². The molecule has 6 aromatic rings. The van der Waals surface area contributed by atoms with E-state index in [0.717, 1.165) is 0 Å². The average Bonchev–Trinajstić information content (AvgIpc) is 3.47. The van der Waals surface area contributed by atoms with Crippen LogP contribution in [-0.2, 0) is 5.41 Å². The first kappa shape index (κ1) is 21.8. The molecule has 2 aliphatic carbocycles. The topological polar surface area (TPSA) is 0 Å². The van der Waals surface area contributed by atoms with Crippen LogP contribution >= 0.6 is 7.92 Å². The Balaban J connectivity index is 1.50. The van der Waals surface area contributed by atoms with Crippen LogP contribution < -0.4 is 15.9 Å². The standard InChI is InChI=1S/C37H25P/c1-3-14-26(15-4-1)38(27-16-5-2-6-17-27)35-25-13-24-34-36(35)30-20-9-12-23-33(30)37(34)31-21-10-7-18-28(31)29-19-8-11-22-32(29)37/h1-25H. The molecule has 0 bridgehead atoms. The maximum atomic E-state index is 2.39. The van der Waals surface area contributed by atoms with E-state index in [9.17, 15) is 0 Å². The number of benzene rings is 6. The van der Waals surface area contributed by atoms with Crippen LogP contribution in [-0.4, -0.2) is 0 Å². The summed E-state index contributed by atoms with van der Waals surface area (Å²) in [5.74, 6) is 0. The van der Waals surface area contributed by atoms with Gasteiger partial charge in [0, 0.05) is 0 Å². The van der Waals surface area contributed by atoms with Crippen molar-refractivity contribution in [3.8, 4) is 22.3 Å². The number of hydrogen-bond donors (Lipinski definition) is 0. The molecule has 0 aromatic heterocycles. The predicted octanol–water partition coefficient (Wildman–Crippen LogP) is 7.79. The molecular formula is C37H25P. The molecule has 0 heterocycles. The average molecular weight is 501 g/mol. The highest BCUT2D eigenvalue weighted by Gasteiger charge is 2.52. The Morgan fingerprint density at radius 2 is 0.763 bits per heavy atom. The molecule has 0 fully saturated rings. The van der Waals surface area contributed by atoms with Gasteiger partial charge < -0.3 is 0 Å². The van der Waals surface area contributed by atoms with E-state index in [4.69, 9.17) is 0 Å². The third-order valence-electron chi connectivity index (χ3n) is 8.27. The molecule has 0 nitrogen and oxygen atoms in total. The first-order chi connectivity index (χ1) is 18.9. The summed E-state index contributed by atoms with van der Waals surface area (Å²) in [5.41, 5.74) is 10.8. The molecule has 38 heavy (non-hydrogen) atoms. The van der Waals surface area contributed by atoms with Crippen molar-refractivity contribution in [1.29, 1.82) is 0 Å². The molecule has 178 valence electrons. The second-order valence-corrected chi connectivity index (χ2v) is 12.3. The fourth-order valence-electron chi connectivity index (χ4n) is 6.89. The summed E-state index contributed by atoms with van der Waals surface area (Å²) in [5, 5.41) is 4.20. The largest absolute Gasteiger partial charge is 0.0725 e. The number of rotatable bonds is 3. The predicted molar refractivity (Wildman–Crippen MR) is 161 cm³/mol. The molecule has 0 N–H and O–H groups in total. The molecule has 0 aliphatic heterocycles. The molecule has 1 spiro atoms. The number of hydrogen-bond acceptors (Lipinski definition) is 0. The van der Waals surface area contributed by atoms with E-state index >= 15 is 0 Å². The zero-order valence-corrected chi connectivity index (χ0v) is 21.8. The van der Waals surface area contributed by atoms with Crippen LogP contribution in [0.2, 0.25) is 0 Å². The molecular weight excluding hydrogens is 475 g/mol. The highest BCUT2D eigenvalue weighted by molar-refractivity contribution is 7.80. The van der Waals surface area contributed by atoms with Gasteiger partial charge in [-0.15, -0.1) is 0 Å². The summed E-state index contributed by atoms with van der Waals surface area (Å²) >= 11 is 0. The van der Waals surface area contributed by atoms with Gasteiger partial charge in [0.1, 0.15) is 0 Å². The van der Waals surface area contributed by atoms with Crippen molar-refractivity contribution in [3.63, 3.8) is 0 Å². The fraction of sp³-hybridized carbons (Fsp3) is 0.0270. The van der Waals surface area contributed by atoms with E-state index in [1.165, 1.54) is 60.4 Å². The summed E-state index contributed by atoms with van der Waals surface area (Å²) in [6.45, 7) is 0. The SMILES string of the molecule is c1ccc(P(c2ccccc2)c2cccc3c2-c2ccccc2C32c3ccccc3-c3ccccc32)cc1. The van der Waals surface area contributed by atoms with Crippen molar-refractivity contribution in [2.24, 2.45) is 0 Å². The first-order valence-electron chi connectivity index (χ1n) is 13.2. The van der Waals surface area contributed by atoms with Gasteiger partial charge in [-0.25, -0.2) is 0 Å². The molecule has 0 amide bonds. The van der Waals surface area contributed by atoms with Gasteiger partial charge in [-0.2, -0.15) is 0 Å². The highest BCUT2D eigenvalue weighted by atomic mass is 31.1. The first-order valence-corrected chi connectivity index (χ1v) is 14.6. The van der Waals surface area contributed by atoms with E-state index in [-0.39, 0.29) is 5.41 Å². The van der Waals surface area contributed by atoms with Crippen molar-refractivity contribution in [2.75, 3.05) is 0 Å². The van der Waals surface area contributed by atoms with Crippen LogP contribution in [0.4, 0.5) is 0 Å². The second kappa shape index (κ2) is 8.38. The molecule has 6 aromatic carbocycles. The molecule has 0 saturated heterocycles. The molecule has 0 radical (unpaired) electrons. The lowest BCUT2D eigenvalue weighted by Crippen LogP contribution is -2.27. The van der Waals surface area contributed by atoms with Crippen LogP contribution in [0.25, 0.3) is 22.3 Å². The lowest BCUT2D eigenvalue weighted by atomic mass is 9.70. The van der Waals surface area contributed by atoms with E-state index in [2.05, 4.69) is 152 Å². The van der Waals surface area contributed by atoms with Crippen LogP contribution in [0, 0.1) is 0 Å². The Morgan fingerprint density at radius 3 is 1.32 bits per heavy atom. The molecule has 0 atom stereocenters. The van der Waals surface area contributed by atoms with E-state index < -0.39 is 7.92 Å². The van der Waals surface area contributed by atoms with Gasteiger partial charge in [-0.05, 0) is 68.3 Å². The smallest absolute Gasteiger partial charge is 0.0622 e. The maximum Gasteiger partial charge on any atom is 0.0725 e. The second-order valence-electron chi connectivity index (χ2n) is 10.1. The van der Waals surface area contributed by atoms with Crippen LogP contribution in [0.1, 0.15) is 22.3 Å². The lowest BCUT2D eigenvalue weighted by Gasteiger charge is -2.31. The molecule has 0 unspecified atom stereocenters. The minimum Gasteiger partial charge on any atom is -0.0622 e. The van der Waals surface area contributed by atoms with Crippen molar-refractivity contribution in [2.45, 2.75) is 5.41 Å². The van der Waals surface area contributed by atoms with Gasteiger partial charge in [0.05, 0.1) is 5.41 Å². The van der Waals surface area contributed by atoms with E-state index in [1.807, 2.05) is 0 Å². The minimum atomic E-state index is -0.739. The molecule has 1 heteroatoms. The van der Waals surface area contributed by atoms with Gasteiger partial charge in [-0.3, -0.25) is 0 Å². The quantitative estimate of drug-likeness (QED) is 0.217. The number of fused-ring (bicyclic) bond motifs is 10.